The number of hydrogen-bond acceptors (Lipinski definition) is 5. The van der Waals surface area contributed by atoms with E-state index in [0.29, 0.717) is 16.2 Å². The normalized spacial score (nSPS) is 12.4. The summed E-state index contributed by atoms with van der Waals surface area (Å²) in [5.41, 5.74) is 1.18. The summed E-state index contributed by atoms with van der Waals surface area (Å²) < 4.78 is 1.23. The summed E-state index contributed by atoms with van der Waals surface area (Å²) in [4.78, 5) is 27.2. The molecule has 8 heteroatoms. The smallest absolute Gasteiger partial charge is 0.303 e. The van der Waals surface area contributed by atoms with E-state index in [1.54, 1.807) is 24.3 Å². The molecule has 3 rings (SSSR count). The van der Waals surface area contributed by atoms with Crippen molar-refractivity contribution in [2.75, 3.05) is 0 Å². The predicted molar refractivity (Wildman–Crippen MR) is 87.8 cm³/mol. The molecule has 0 atom stereocenters. The van der Waals surface area contributed by atoms with Crippen molar-refractivity contribution in [3.63, 3.8) is 0 Å². The molecule has 0 saturated carbocycles. The molecule has 122 valence electrons. The zero-order chi connectivity index (χ0) is 17.3. The summed E-state index contributed by atoms with van der Waals surface area (Å²) in [7, 11) is 0. The minimum absolute atomic E-state index is 0.0820. The maximum Gasteiger partial charge on any atom is 0.303 e. The molecule has 3 aromatic rings. The number of rotatable bonds is 4. The lowest BCUT2D eigenvalue weighted by atomic mass is 10.1. The summed E-state index contributed by atoms with van der Waals surface area (Å²) in [6, 6.07) is 8.23. The first-order valence-electron chi connectivity index (χ1n) is 7.04. The fourth-order valence-corrected chi connectivity index (χ4v) is 2.53. The Bertz CT molecular complexity index is 1030. The fraction of sp³-hybridized carbons (Fsp3) is 0.125. The van der Waals surface area contributed by atoms with Crippen LogP contribution in [0.1, 0.15) is 12.8 Å². The van der Waals surface area contributed by atoms with E-state index in [1.165, 1.54) is 16.9 Å². The Balaban J connectivity index is 2.24. The SMILES string of the molecule is O=C(O)CC/C(O)=c1\c(=O)cc(-c2ccc(Cl)cc2)c2ncnn12. The van der Waals surface area contributed by atoms with Crippen LogP contribution in [0.2, 0.25) is 5.02 Å². The number of aliphatic carboxylic acids is 1. The first-order chi connectivity index (χ1) is 11.5. The van der Waals surface area contributed by atoms with Crippen LogP contribution in [0.15, 0.2) is 41.5 Å². The number of aliphatic hydroxyl groups is 1. The van der Waals surface area contributed by atoms with Gasteiger partial charge in [0.05, 0.1) is 6.42 Å². The molecular formula is C16H12ClN3O4. The molecule has 7 nitrogen and oxygen atoms in total. The van der Waals surface area contributed by atoms with Gasteiger partial charge in [-0.05, 0) is 23.8 Å². The number of aliphatic hydroxyl groups excluding tert-OH is 1. The molecule has 0 aliphatic heterocycles. The Kier molecular flexibility index (Phi) is 4.18. The van der Waals surface area contributed by atoms with Crippen molar-refractivity contribution in [3.05, 3.63) is 57.3 Å². The van der Waals surface area contributed by atoms with Crippen molar-refractivity contribution in [1.82, 2.24) is 14.6 Å². The Morgan fingerprint density at radius 1 is 1.17 bits per heavy atom. The number of hydrogen-bond donors (Lipinski definition) is 2. The van der Waals surface area contributed by atoms with Gasteiger partial charge in [0.2, 0.25) is 5.43 Å². The predicted octanol–water partition coefficient (Wildman–Crippen LogP) is 1.66. The molecule has 0 bridgehead atoms. The van der Waals surface area contributed by atoms with Crippen LogP contribution in [0.3, 0.4) is 0 Å². The molecule has 0 aliphatic rings. The van der Waals surface area contributed by atoms with E-state index in [4.69, 9.17) is 16.7 Å². The van der Waals surface area contributed by atoms with Crippen LogP contribution < -0.4 is 10.8 Å². The van der Waals surface area contributed by atoms with Gasteiger partial charge in [-0.2, -0.15) is 5.10 Å². The maximum atomic E-state index is 12.4. The quantitative estimate of drug-likeness (QED) is 0.745. The molecular weight excluding hydrogens is 334 g/mol. The van der Waals surface area contributed by atoms with Gasteiger partial charge >= 0.3 is 5.97 Å². The Morgan fingerprint density at radius 3 is 2.54 bits per heavy atom. The number of pyridine rings is 1. The summed E-state index contributed by atoms with van der Waals surface area (Å²) in [5, 5.41) is 23.3. The van der Waals surface area contributed by atoms with Crippen LogP contribution in [0.4, 0.5) is 0 Å². The third kappa shape index (κ3) is 2.93. The van der Waals surface area contributed by atoms with E-state index in [1.807, 2.05) is 0 Å². The molecule has 0 saturated heterocycles. The van der Waals surface area contributed by atoms with Crippen molar-refractivity contribution in [2.45, 2.75) is 12.8 Å². The zero-order valence-corrected chi connectivity index (χ0v) is 13.1. The second-order valence-corrected chi connectivity index (χ2v) is 5.55. The van der Waals surface area contributed by atoms with Gasteiger partial charge in [-0.25, -0.2) is 9.50 Å². The molecule has 0 spiro atoms. The van der Waals surface area contributed by atoms with Crippen LogP contribution in [-0.2, 0) is 4.79 Å². The number of carboxylic acid groups (broad SMARTS) is 1. The lowest BCUT2D eigenvalue weighted by molar-refractivity contribution is -0.136. The maximum absolute atomic E-state index is 12.4. The van der Waals surface area contributed by atoms with Gasteiger partial charge < -0.3 is 10.2 Å². The highest BCUT2D eigenvalue weighted by Gasteiger charge is 2.13. The number of carboxylic acids is 1. The van der Waals surface area contributed by atoms with E-state index in [0.717, 1.165) is 5.56 Å². The Hall–Kier alpha value is -2.93. The highest BCUT2D eigenvalue weighted by atomic mass is 35.5. The summed E-state index contributed by atoms with van der Waals surface area (Å²) in [6.07, 6.45) is 0.808. The summed E-state index contributed by atoms with van der Waals surface area (Å²) in [6.45, 7) is 0. The van der Waals surface area contributed by atoms with Gasteiger partial charge in [0, 0.05) is 17.0 Å². The molecule has 24 heavy (non-hydrogen) atoms. The van der Waals surface area contributed by atoms with Crippen molar-refractivity contribution in [1.29, 1.82) is 0 Å². The first-order valence-corrected chi connectivity index (χ1v) is 7.42. The van der Waals surface area contributed by atoms with Crippen molar-refractivity contribution < 1.29 is 15.0 Å². The highest BCUT2D eigenvalue weighted by molar-refractivity contribution is 6.30. The molecule has 2 aromatic heterocycles. The average Bonchev–Trinajstić information content (AvgIpc) is 3.02. The second kappa shape index (κ2) is 6.29. The third-order valence-corrected chi connectivity index (χ3v) is 3.77. The molecule has 0 amide bonds. The van der Waals surface area contributed by atoms with Crippen LogP contribution in [-0.4, -0.2) is 30.8 Å². The number of halogens is 1. The minimum Gasteiger partial charge on any atom is -0.510 e. The molecule has 0 unspecified atom stereocenters. The monoisotopic (exact) mass is 345 g/mol. The van der Waals surface area contributed by atoms with Gasteiger partial charge in [0.25, 0.3) is 0 Å². The molecule has 0 radical (unpaired) electrons. The lowest BCUT2D eigenvalue weighted by Gasteiger charge is -2.05. The van der Waals surface area contributed by atoms with Crippen LogP contribution in [0, 0.1) is 0 Å². The van der Waals surface area contributed by atoms with Crippen LogP contribution >= 0.6 is 11.6 Å². The molecule has 0 fully saturated rings. The molecule has 2 N–H and O–H groups in total. The topological polar surface area (TPSA) is 105 Å². The number of carbonyl (C=O) groups is 1. The Labute approximate surface area is 140 Å². The lowest BCUT2D eigenvalue weighted by Crippen LogP contribution is -2.34. The van der Waals surface area contributed by atoms with E-state index in [9.17, 15) is 14.7 Å². The average molecular weight is 346 g/mol. The van der Waals surface area contributed by atoms with E-state index in [-0.39, 0.29) is 23.9 Å². The molecule has 0 aliphatic carbocycles. The fourth-order valence-electron chi connectivity index (χ4n) is 2.41. The largest absolute Gasteiger partial charge is 0.510 e. The Morgan fingerprint density at radius 2 is 1.88 bits per heavy atom. The first kappa shape index (κ1) is 15.9. The highest BCUT2D eigenvalue weighted by Crippen LogP contribution is 2.22. The van der Waals surface area contributed by atoms with E-state index >= 15 is 0 Å². The standard InChI is InChI=1S/C16H12ClN3O4/c17-10-3-1-9(2-4-10)11-7-13(22)15(12(21)5-6-14(23)24)20-16(11)18-8-19-20/h1-4,7-8,21H,5-6H2,(H,23,24)/b15-12-. The summed E-state index contributed by atoms with van der Waals surface area (Å²) in [5.74, 6) is -1.40. The summed E-state index contributed by atoms with van der Waals surface area (Å²) >= 11 is 5.88. The van der Waals surface area contributed by atoms with Crippen molar-refractivity contribution in [3.8, 4) is 11.1 Å². The van der Waals surface area contributed by atoms with Crippen molar-refractivity contribution >= 4 is 29.0 Å². The zero-order valence-electron chi connectivity index (χ0n) is 12.3. The number of benzene rings is 1. The molecule has 1 aromatic carbocycles. The van der Waals surface area contributed by atoms with Crippen LogP contribution in [0.5, 0.6) is 0 Å². The second-order valence-electron chi connectivity index (χ2n) is 5.11. The van der Waals surface area contributed by atoms with Gasteiger partial charge in [-0.3, -0.25) is 9.59 Å². The van der Waals surface area contributed by atoms with E-state index in [2.05, 4.69) is 10.1 Å². The third-order valence-electron chi connectivity index (χ3n) is 3.51. The number of aromatic nitrogens is 3. The van der Waals surface area contributed by atoms with Gasteiger partial charge in [0.1, 0.15) is 12.1 Å². The molecule has 2 heterocycles. The van der Waals surface area contributed by atoms with Gasteiger partial charge in [-0.1, -0.05) is 23.7 Å². The number of nitrogens with zero attached hydrogens (tertiary/aromatic N) is 3. The van der Waals surface area contributed by atoms with Crippen LogP contribution in [0.25, 0.3) is 22.5 Å². The van der Waals surface area contributed by atoms with Gasteiger partial charge in [-0.15, -0.1) is 0 Å². The van der Waals surface area contributed by atoms with Gasteiger partial charge in [0.15, 0.2) is 11.0 Å². The minimum atomic E-state index is -1.07. The number of fused-ring (bicyclic) bond motifs is 1. The van der Waals surface area contributed by atoms with E-state index < -0.39 is 11.4 Å². The van der Waals surface area contributed by atoms with Crippen molar-refractivity contribution in [2.24, 2.45) is 0 Å².